The molecule has 0 aliphatic carbocycles. The summed E-state index contributed by atoms with van der Waals surface area (Å²) in [5.41, 5.74) is 0.0802. The minimum Gasteiger partial charge on any atom is -0.506 e. The van der Waals surface area contributed by atoms with Crippen LogP contribution in [-0.2, 0) is 9.59 Å². The first-order valence-electron chi connectivity index (χ1n) is 8.23. The summed E-state index contributed by atoms with van der Waals surface area (Å²) in [6.07, 6.45) is 3.11. The van der Waals surface area contributed by atoms with Crippen LogP contribution in [0.15, 0.2) is 60.1 Å². The van der Waals surface area contributed by atoms with Crippen molar-refractivity contribution in [1.29, 1.82) is 0 Å². The molecule has 1 aromatic heterocycles. The van der Waals surface area contributed by atoms with Gasteiger partial charge >= 0.3 is 0 Å². The summed E-state index contributed by atoms with van der Waals surface area (Å²) in [5, 5.41) is 20.7. The Labute approximate surface area is 151 Å². The maximum atomic E-state index is 13.0. The highest BCUT2D eigenvalue weighted by atomic mass is 16.3. The van der Waals surface area contributed by atoms with Gasteiger partial charge in [0.1, 0.15) is 5.75 Å². The average molecular weight is 352 g/mol. The molecule has 0 saturated heterocycles. The van der Waals surface area contributed by atoms with Crippen molar-refractivity contribution in [3.63, 3.8) is 0 Å². The molecule has 2 heterocycles. The molecule has 1 atom stereocenters. The van der Waals surface area contributed by atoms with E-state index in [1.54, 1.807) is 63.5 Å². The van der Waals surface area contributed by atoms with E-state index in [0.29, 0.717) is 5.56 Å². The number of Topliss-reactive ketones (excluding diaryl/α,β-unsaturated/α-hetero) is 1. The third kappa shape index (κ3) is 2.83. The van der Waals surface area contributed by atoms with Crippen LogP contribution in [0.1, 0.15) is 32.4 Å². The Morgan fingerprint density at radius 3 is 2.27 bits per heavy atom. The van der Waals surface area contributed by atoms with Gasteiger partial charge in [-0.1, -0.05) is 32.9 Å². The van der Waals surface area contributed by atoms with Gasteiger partial charge in [0.25, 0.3) is 5.91 Å². The van der Waals surface area contributed by atoms with Crippen molar-refractivity contribution < 1.29 is 19.8 Å². The number of aromatic hydroxyl groups is 1. The van der Waals surface area contributed by atoms with Gasteiger partial charge in [-0.15, -0.1) is 0 Å². The van der Waals surface area contributed by atoms with Gasteiger partial charge in [0.2, 0.25) is 0 Å². The summed E-state index contributed by atoms with van der Waals surface area (Å²) in [4.78, 5) is 31.0. The molecule has 2 aromatic rings. The minimum absolute atomic E-state index is 0.0250. The molecule has 0 radical (unpaired) electrons. The second-order valence-corrected chi connectivity index (χ2v) is 7.19. The smallest absolute Gasteiger partial charge is 0.294 e. The van der Waals surface area contributed by atoms with E-state index in [2.05, 4.69) is 4.98 Å². The maximum Gasteiger partial charge on any atom is 0.294 e. The molecule has 0 fully saturated rings. The number of ketones is 1. The van der Waals surface area contributed by atoms with Gasteiger partial charge in [0.15, 0.2) is 11.5 Å². The van der Waals surface area contributed by atoms with E-state index in [0.717, 1.165) is 0 Å². The fourth-order valence-corrected chi connectivity index (χ4v) is 3.02. The third-order valence-corrected chi connectivity index (χ3v) is 4.30. The van der Waals surface area contributed by atoms with Crippen molar-refractivity contribution in [2.75, 3.05) is 4.90 Å². The predicted octanol–water partition coefficient (Wildman–Crippen LogP) is 3.30. The SMILES string of the molecule is CC(C)(C)C(=O)C1=C(O)C(=O)N(c2ccccc2O)C1c1ccncc1. The number of rotatable bonds is 3. The Morgan fingerprint density at radius 1 is 1.08 bits per heavy atom. The number of aromatic nitrogens is 1. The van der Waals surface area contributed by atoms with Crippen LogP contribution in [0.5, 0.6) is 5.75 Å². The van der Waals surface area contributed by atoms with Crippen LogP contribution >= 0.6 is 0 Å². The normalized spacial score (nSPS) is 17.7. The molecule has 3 rings (SSSR count). The summed E-state index contributed by atoms with van der Waals surface area (Å²) < 4.78 is 0. The van der Waals surface area contributed by atoms with Crippen LogP contribution in [0.4, 0.5) is 5.69 Å². The van der Waals surface area contributed by atoms with E-state index < -0.39 is 23.1 Å². The highest BCUT2D eigenvalue weighted by Crippen LogP contribution is 2.45. The summed E-state index contributed by atoms with van der Waals surface area (Å²) in [6.45, 7) is 5.19. The molecule has 1 amide bonds. The molecule has 1 aliphatic rings. The number of para-hydroxylation sites is 2. The predicted molar refractivity (Wildman–Crippen MR) is 96.7 cm³/mol. The number of carbonyl (C=O) groups is 2. The zero-order valence-corrected chi connectivity index (χ0v) is 14.8. The van der Waals surface area contributed by atoms with Crippen LogP contribution < -0.4 is 4.90 Å². The van der Waals surface area contributed by atoms with Crippen molar-refractivity contribution in [1.82, 2.24) is 4.98 Å². The number of pyridine rings is 1. The van der Waals surface area contributed by atoms with E-state index in [1.807, 2.05) is 0 Å². The molecule has 6 nitrogen and oxygen atoms in total. The molecule has 0 spiro atoms. The molecule has 6 heteroatoms. The number of hydrogen-bond donors (Lipinski definition) is 2. The number of aliphatic hydroxyl groups is 1. The number of hydrogen-bond acceptors (Lipinski definition) is 5. The van der Waals surface area contributed by atoms with E-state index in [-0.39, 0.29) is 22.8 Å². The number of anilines is 1. The molecular formula is C20H20N2O4. The minimum atomic E-state index is -0.842. The average Bonchev–Trinajstić information content (AvgIpc) is 2.86. The number of amides is 1. The maximum absolute atomic E-state index is 13.0. The molecule has 1 aromatic carbocycles. The Kier molecular flexibility index (Phi) is 4.28. The van der Waals surface area contributed by atoms with Crippen LogP contribution in [0.3, 0.4) is 0 Å². The van der Waals surface area contributed by atoms with Crippen molar-refractivity contribution in [3.05, 3.63) is 65.7 Å². The van der Waals surface area contributed by atoms with Gasteiger partial charge in [0.05, 0.1) is 17.3 Å². The largest absolute Gasteiger partial charge is 0.506 e. The summed E-state index contributed by atoms with van der Waals surface area (Å²) in [5.74, 6) is -1.75. The highest BCUT2D eigenvalue weighted by Gasteiger charge is 2.47. The molecule has 134 valence electrons. The lowest BCUT2D eigenvalue weighted by Gasteiger charge is -2.29. The Balaban J connectivity index is 2.23. The van der Waals surface area contributed by atoms with E-state index in [4.69, 9.17) is 0 Å². The van der Waals surface area contributed by atoms with Crippen molar-refractivity contribution in [2.45, 2.75) is 26.8 Å². The number of phenolic OH excluding ortho intramolecular Hbond substituents is 1. The van der Waals surface area contributed by atoms with Crippen molar-refractivity contribution >= 4 is 17.4 Å². The third-order valence-electron chi connectivity index (χ3n) is 4.30. The van der Waals surface area contributed by atoms with E-state index in [1.165, 1.54) is 11.0 Å². The van der Waals surface area contributed by atoms with Gasteiger partial charge in [-0.2, -0.15) is 0 Å². The quantitative estimate of drug-likeness (QED) is 0.884. The Bertz CT molecular complexity index is 898. The lowest BCUT2D eigenvalue weighted by Crippen LogP contribution is -2.32. The lowest BCUT2D eigenvalue weighted by molar-refractivity contribution is -0.123. The Hall–Kier alpha value is -3.15. The summed E-state index contributed by atoms with van der Waals surface area (Å²) >= 11 is 0. The van der Waals surface area contributed by atoms with Crippen molar-refractivity contribution in [2.24, 2.45) is 5.41 Å². The molecule has 2 N–H and O–H groups in total. The summed E-state index contributed by atoms with van der Waals surface area (Å²) in [6, 6.07) is 8.85. The molecular weight excluding hydrogens is 332 g/mol. The fraction of sp³-hybridized carbons (Fsp3) is 0.250. The van der Waals surface area contributed by atoms with Gasteiger partial charge in [-0.05, 0) is 29.8 Å². The first kappa shape index (κ1) is 17.7. The standard InChI is InChI=1S/C20H20N2O4/c1-20(2,3)18(25)15-16(12-8-10-21-11-9-12)22(19(26)17(15)24)13-6-4-5-7-14(13)23/h4-11,16,23-24H,1-3H3. The Morgan fingerprint density at radius 2 is 1.69 bits per heavy atom. The highest BCUT2D eigenvalue weighted by molar-refractivity contribution is 6.17. The van der Waals surface area contributed by atoms with Crippen LogP contribution in [0, 0.1) is 5.41 Å². The second kappa shape index (κ2) is 6.29. The van der Waals surface area contributed by atoms with Crippen molar-refractivity contribution in [3.8, 4) is 5.75 Å². The van der Waals surface area contributed by atoms with Crippen LogP contribution in [0.2, 0.25) is 0 Å². The number of aliphatic hydroxyl groups excluding tert-OH is 1. The van der Waals surface area contributed by atoms with Crippen LogP contribution in [-0.4, -0.2) is 26.9 Å². The van der Waals surface area contributed by atoms with Crippen LogP contribution in [0.25, 0.3) is 0 Å². The van der Waals surface area contributed by atoms with Gasteiger partial charge in [-0.3, -0.25) is 19.5 Å². The first-order chi connectivity index (χ1) is 12.2. The number of nitrogens with zero attached hydrogens (tertiary/aromatic N) is 2. The number of phenols is 1. The topological polar surface area (TPSA) is 90.7 Å². The van der Waals surface area contributed by atoms with Gasteiger partial charge in [0, 0.05) is 17.8 Å². The fourth-order valence-electron chi connectivity index (χ4n) is 3.02. The zero-order valence-electron chi connectivity index (χ0n) is 14.8. The molecule has 0 saturated carbocycles. The number of carbonyl (C=O) groups excluding carboxylic acids is 2. The first-order valence-corrected chi connectivity index (χ1v) is 8.23. The lowest BCUT2D eigenvalue weighted by atomic mass is 9.82. The van der Waals surface area contributed by atoms with E-state index >= 15 is 0 Å². The van der Waals surface area contributed by atoms with E-state index in [9.17, 15) is 19.8 Å². The molecule has 1 unspecified atom stereocenters. The monoisotopic (exact) mass is 352 g/mol. The van der Waals surface area contributed by atoms with Gasteiger partial charge in [-0.25, -0.2) is 0 Å². The summed E-state index contributed by atoms with van der Waals surface area (Å²) in [7, 11) is 0. The molecule has 1 aliphatic heterocycles. The number of benzene rings is 1. The second-order valence-electron chi connectivity index (χ2n) is 7.19. The molecule has 0 bridgehead atoms. The van der Waals surface area contributed by atoms with Gasteiger partial charge < -0.3 is 10.2 Å². The zero-order chi connectivity index (χ0) is 19.1. The molecule has 26 heavy (non-hydrogen) atoms.